The Morgan fingerprint density at radius 1 is 0.568 bits per heavy atom. The van der Waals surface area contributed by atoms with Gasteiger partial charge in [-0.1, -0.05) is 82.8 Å². The van der Waals surface area contributed by atoms with Gasteiger partial charge in [0, 0.05) is 102 Å². The lowest BCUT2D eigenvalue weighted by Gasteiger charge is -2.33. The SMILES string of the molecule is CN1Cc2c(Cl)cc(Cl)cc2C(c2ccc(S(=O)(=O)CCCOCCOCCNC(=O)c3ccc(C(=O)CCCOCCOCCNS(=O)(=O)c4ccc(C5CN(C)Cc6c(Cl)cc(Cl)cc65)cc4)cc3)cc2)C1. The average Bonchev–Trinajstić information content (AvgIpc) is 3.37. The fourth-order valence-corrected chi connectivity index (χ4v) is 12.6. The number of Topliss-reactive ketones (excluding diaryl/α,β-unsaturated/α-hetero) is 1. The zero-order chi connectivity index (χ0) is 52.8. The highest BCUT2D eigenvalue weighted by Gasteiger charge is 2.29. The number of ether oxygens (including phenoxy) is 4. The highest BCUT2D eigenvalue weighted by atomic mass is 35.5. The zero-order valence-corrected chi connectivity index (χ0v) is 46.1. The molecule has 2 heterocycles. The quantitative estimate of drug-likeness (QED) is 0.0379. The van der Waals surface area contributed by atoms with Crippen LogP contribution >= 0.6 is 46.4 Å². The molecule has 0 fully saturated rings. The molecule has 2 unspecified atom stereocenters. The van der Waals surface area contributed by atoms with Crippen LogP contribution in [-0.4, -0.2) is 137 Å². The summed E-state index contributed by atoms with van der Waals surface area (Å²) in [7, 11) is -3.20. The number of amides is 1. The monoisotopic (exact) mass is 1130 g/mol. The van der Waals surface area contributed by atoms with Gasteiger partial charge in [0.15, 0.2) is 15.6 Å². The molecule has 0 aromatic heterocycles. The number of hydrogen-bond donors (Lipinski definition) is 2. The molecular weight excluding hydrogens is 1070 g/mol. The number of ketones is 1. The molecule has 0 spiro atoms. The molecule has 2 aliphatic heterocycles. The lowest BCUT2D eigenvalue weighted by molar-refractivity contribution is 0.0481. The van der Waals surface area contributed by atoms with Gasteiger partial charge >= 0.3 is 0 Å². The van der Waals surface area contributed by atoms with Crippen molar-refractivity contribution < 1.29 is 45.4 Å². The van der Waals surface area contributed by atoms with Crippen molar-refractivity contribution in [2.75, 3.05) is 98.9 Å². The number of benzene rings is 5. The molecule has 0 bridgehead atoms. The van der Waals surface area contributed by atoms with Gasteiger partial charge in [0.05, 0.1) is 55.2 Å². The van der Waals surface area contributed by atoms with E-state index in [1.807, 2.05) is 50.5 Å². The van der Waals surface area contributed by atoms with Gasteiger partial charge in [-0.25, -0.2) is 21.6 Å². The van der Waals surface area contributed by atoms with Crippen molar-refractivity contribution in [1.29, 1.82) is 0 Å². The average molecular weight is 1130 g/mol. The third kappa shape index (κ3) is 16.0. The first-order valence-electron chi connectivity index (χ1n) is 24.5. The first-order valence-corrected chi connectivity index (χ1v) is 29.1. The second kappa shape index (κ2) is 27.4. The van der Waals surface area contributed by atoms with E-state index in [9.17, 15) is 26.4 Å². The van der Waals surface area contributed by atoms with Gasteiger partial charge in [0.25, 0.3) is 5.91 Å². The van der Waals surface area contributed by atoms with Gasteiger partial charge in [-0.2, -0.15) is 0 Å². The summed E-state index contributed by atoms with van der Waals surface area (Å²) in [5.41, 5.74) is 7.03. The molecular formula is C54H62Cl4N4O10S2. The van der Waals surface area contributed by atoms with Crippen LogP contribution in [0.2, 0.25) is 20.1 Å². The number of halogens is 4. The summed E-state index contributed by atoms with van der Waals surface area (Å²) in [6.07, 6.45) is 1.09. The zero-order valence-electron chi connectivity index (χ0n) is 41.4. The number of carbonyl (C=O) groups is 2. The van der Waals surface area contributed by atoms with Crippen LogP contribution in [0.15, 0.2) is 107 Å². The van der Waals surface area contributed by atoms with Crippen LogP contribution in [0.4, 0.5) is 0 Å². The molecule has 5 aromatic carbocycles. The molecule has 7 rings (SSSR count). The van der Waals surface area contributed by atoms with Crippen molar-refractivity contribution >= 4 is 78.0 Å². The molecule has 0 saturated heterocycles. The molecule has 74 heavy (non-hydrogen) atoms. The first-order chi connectivity index (χ1) is 35.5. The summed E-state index contributed by atoms with van der Waals surface area (Å²) in [6.45, 7) is 5.43. The van der Waals surface area contributed by atoms with E-state index < -0.39 is 19.9 Å². The Labute approximate surface area is 454 Å². The Kier molecular flexibility index (Phi) is 21.3. The van der Waals surface area contributed by atoms with E-state index in [1.165, 1.54) is 0 Å². The van der Waals surface area contributed by atoms with Crippen molar-refractivity contribution in [2.24, 2.45) is 0 Å². The molecule has 1 amide bonds. The molecule has 2 atom stereocenters. The predicted molar refractivity (Wildman–Crippen MR) is 290 cm³/mol. The van der Waals surface area contributed by atoms with E-state index in [0.717, 1.165) is 53.0 Å². The molecule has 2 aliphatic rings. The topological polar surface area (TPSA) is 170 Å². The highest BCUT2D eigenvalue weighted by Crippen LogP contribution is 2.40. The first kappa shape index (κ1) is 57.7. The molecule has 2 N–H and O–H groups in total. The Bertz CT molecular complexity index is 2730. The lowest BCUT2D eigenvalue weighted by atomic mass is 9.85. The number of carbonyl (C=O) groups excluding carboxylic acids is 2. The van der Waals surface area contributed by atoms with Crippen molar-refractivity contribution in [3.05, 3.63) is 162 Å². The Balaban J connectivity index is 0.685. The van der Waals surface area contributed by atoms with Crippen LogP contribution in [0.25, 0.3) is 0 Å². The fourth-order valence-electron chi connectivity index (χ4n) is 9.12. The number of sulfone groups is 1. The van der Waals surface area contributed by atoms with Gasteiger partial charge in [0.1, 0.15) is 0 Å². The fraction of sp³-hybridized carbons (Fsp3) is 0.407. The molecule has 0 aliphatic carbocycles. The molecule has 20 heteroatoms. The maximum Gasteiger partial charge on any atom is 0.251 e. The van der Waals surface area contributed by atoms with Gasteiger partial charge in [-0.15, -0.1) is 0 Å². The van der Waals surface area contributed by atoms with Gasteiger partial charge in [-0.3, -0.25) is 9.59 Å². The summed E-state index contributed by atoms with van der Waals surface area (Å²) in [5, 5.41) is 5.19. The van der Waals surface area contributed by atoms with Gasteiger partial charge in [-0.05, 0) is 121 Å². The minimum atomic E-state index is -3.75. The third-order valence-electron chi connectivity index (χ3n) is 12.9. The van der Waals surface area contributed by atoms with Gasteiger partial charge < -0.3 is 34.1 Å². The van der Waals surface area contributed by atoms with E-state index in [1.54, 1.807) is 60.7 Å². The Morgan fingerprint density at radius 2 is 1.03 bits per heavy atom. The van der Waals surface area contributed by atoms with Gasteiger partial charge in [0.2, 0.25) is 10.0 Å². The van der Waals surface area contributed by atoms with Crippen LogP contribution in [0.5, 0.6) is 0 Å². The van der Waals surface area contributed by atoms with E-state index in [-0.39, 0.29) is 105 Å². The summed E-state index contributed by atoms with van der Waals surface area (Å²) >= 11 is 25.7. The molecule has 398 valence electrons. The van der Waals surface area contributed by atoms with E-state index in [0.29, 0.717) is 57.2 Å². The van der Waals surface area contributed by atoms with Crippen molar-refractivity contribution in [1.82, 2.24) is 19.8 Å². The summed E-state index contributed by atoms with van der Waals surface area (Å²) in [5.74, 6) is -0.408. The summed E-state index contributed by atoms with van der Waals surface area (Å²) < 4.78 is 76.9. The standard InChI is InChI=1S/C54H62Cl4N4O10S2/c1-61-33-47(45-29-41(55)31-51(57)49(45)35-61)37-10-14-43(15-11-37)73(65,66)28-4-21-70-25-26-71-22-18-59-54(64)40-8-6-39(7-9-40)53(63)5-3-20-69-24-27-72-23-19-60-74(67,68)44-16-12-38(13-17-44)48-34-62(2)36-50-46(48)30-42(56)32-52(50)58/h6-17,29-32,47-48,60H,3-5,18-28,33-36H2,1-2H3,(H,59,64). The van der Waals surface area contributed by atoms with Crippen molar-refractivity contribution in [2.45, 2.75) is 54.0 Å². The highest BCUT2D eigenvalue weighted by molar-refractivity contribution is 7.91. The maximum absolute atomic E-state index is 13.1. The number of fused-ring (bicyclic) bond motifs is 2. The molecule has 0 radical (unpaired) electrons. The molecule has 5 aromatic rings. The van der Waals surface area contributed by atoms with Crippen LogP contribution in [0.3, 0.4) is 0 Å². The summed E-state index contributed by atoms with van der Waals surface area (Å²) in [4.78, 5) is 30.2. The summed E-state index contributed by atoms with van der Waals surface area (Å²) in [6, 6.07) is 27.7. The van der Waals surface area contributed by atoms with Crippen LogP contribution < -0.4 is 10.0 Å². The van der Waals surface area contributed by atoms with E-state index in [2.05, 4.69) is 19.8 Å². The predicted octanol–water partition coefficient (Wildman–Crippen LogP) is 9.06. The smallest absolute Gasteiger partial charge is 0.251 e. The normalized spacial score (nSPS) is 16.2. The van der Waals surface area contributed by atoms with Crippen LogP contribution in [0.1, 0.15) is 85.2 Å². The number of nitrogens with one attached hydrogen (secondary N) is 2. The Hall–Kier alpha value is -3.98. The van der Waals surface area contributed by atoms with Crippen molar-refractivity contribution in [3.8, 4) is 0 Å². The minimum absolute atomic E-state index is 0.00131. The third-order valence-corrected chi connectivity index (χ3v) is 17.3. The number of sulfonamides is 1. The van der Waals surface area contributed by atoms with Crippen molar-refractivity contribution in [3.63, 3.8) is 0 Å². The number of nitrogens with zero attached hydrogens (tertiary/aromatic N) is 2. The minimum Gasteiger partial charge on any atom is -0.379 e. The second-order valence-corrected chi connectivity index (χ2v) is 24.0. The Morgan fingerprint density at radius 3 is 1.55 bits per heavy atom. The number of likely N-dealkylation sites (N-methyl/N-ethyl adjacent to an activating group) is 2. The largest absolute Gasteiger partial charge is 0.379 e. The lowest BCUT2D eigenvalue weighted by Crippen LogP contribution is -2.31. The maximum atomic E-state index is 13.1. The van der Waals surface area contributed by atoms with E-state index >= 15 is 0 Å². The number of rotatable bonds is 27. The van der Waals surface area contributed by atoms with E-state index in [4.69, 9.17) is 65.4 Å². The van der Waals surface area contributed by atoms with Crippen LogP contribution in [-0.2, 0) is 51.9 Å². The van der Waals surface area contributed by atoms with Crippen LogP contribution in [0, 0.1) is 0 Å². The second-order valence-electron chi connectivity index (χ2n) is 18.4. The number of hydrogen-bond acceptors (Lipinski definition) is 12. The molecule has 14 nitrogen and oxygen atoms in total. The molecule has 0 saturated carbocycles.